The van der Waals surface area contributed by atoms with Crippen molar-refractivity contribution in [2.75, 3.05) is 19.7 Å². The smallest absolute Gasteiger partial charge is 0.347 e. The summed E-state index contributed by atoms with van der Waals surface area (Å²) in [6.07, 6.45) is 4.09. The summed E-state index contributed by atoms with van der Waals surface area (Å²) in [6, 6.07) is 13.9. The summed E-state index contributed by atoms with van der Waals surface area (Å²) < 4.78 is 39.1. The van der Waals surface area contributed by atoms with E-state index < -0.39 is 21.6 Å². The zero-order valence-corrected chi connectivity index (χ0v) is 21.4. The van der Waals surface area contributed by atoms with Gasteiger partial charge in [0, 0.05) is 13.1 Å². The molecule has 2 aromatic carbocycles. The van der Waals surface area contributed by atoms with E-state index in [1.54, 1.807) is 36.4 Å². The van der Waals surface area contributed by atoms with Gasteiger partial charge in [-0.1, -0.05) is 32.4 Å². The van der Waals surface area contributed by atoms with E-state index in [9.17, 15) is 18.3 Å². The average molecular weight is 492 g/mol. The third-order valence-electron chi connectivity index (χ3n) is 5.39. The number of benzene rings is 2. The number of hydrogen-bond acceptors (Lipinski definition) is 5. The summed E-state index contributed by atoms with van der Waals surface area (Å²) in [7, 11) is -3.59. The molecule has 0 unspecified atom stereocenters. The molecule has 7 nitrogen and oxygen atoms in total. The van der Waals surface area contributed by atoms with Crippen LogP contribution < -0.4 is 9.47 Å². The molecule has 1 N–H and O–H groups in total. The molecule has 0 spiro atoms. The molecule has 34 heavy (non-hydrogen) atoms. The van der Waals surface area contributed by atoms with Crippen molar-refractivity contribution < 1.29 is 27.8 Å². The van der Waals surface area contributed by atoms with E-state index >= 15 is 0 Å². The molecule has 0 heterocycles. The first-order valence-electron chi connectivity index (χ1n) is 11.8. The zero-order chi connectivity index (χ0) is 25.2. The van der Waals surface area contributed by atoms with Crippen molar-refractivity contribution in [2.24, 2.45) is 0 Å². The summed E-state index contributed by atoms with van der Waals surface area (Å²) in [4.78, 5) is 11.5. The van der Waals surface area contributed by atoms with Crippen LogP contribution in [0.25, 0.3) is 0 Å². The van der Waals surface area contributed by atoms with Crippen LogP contribution in [0.5, 0.6) is 11.5 Å². The summed E-state index contributed by atoms with van der Waals surface area (Å²) in [5.41, 5.74) is -0.279. The molecule has 0 aromatic heterocycles. The van der Waals surface area contributed by atoms with Gasteiger partial charge in [-0.2, -0.15) is 4.31 Å². The highest BCUT2D eigenvalue weighted by atomic mass is 32.2. The number of hydrogen-bond donors (Lipinski definition) is 1. The topological polar surface area (TPSA) is 93.1 Å². The molecule has 0 atom stereocenters. The largest absolute Gasteiger partial charge is 0.494 e. The van der Waals surface area contributed by atoms with Crippen molar-refractivity contribution in [1.82, 2.24) is 4.31 Å². The zero-order valence-electron chi connectivity index (χ0n) is 20.6. The maximum absolute atomic E-state index is 13.2. The molecule has 0 saturated carbocycles. The Morgan fingerprint density at radius 1 is 0.912 bits per heavy atom. The van der Waals surface area contributed by atoms with Crippen LogP contribution in [0.3, 0.4) is 0 Å². The van der Waals surface area contributed by atoms with E-state index in [0.29, 0.717) is 44.0 Å². The highest BCUT2D eigenvalue weighted by Gasteiger charge is 2.29. The standard InChI is InChI=1S/C26H37NO6S/c1-5-7-20-32-22-14-16-24(17-15-22)34(30,31)27(18-6-2)19-8-9-21-10-12-23(13-11-21)33-26(3,4)25(28)29/h10-17H,5-9,18-20H2,1-4H3,(H,28,29). The Hall–Kier alpha value is -2.58. The summed E-state index contributed by atoms with van der Waals surface area (Å²) in [5, 5.41) is 9.19. The predicted octanol–water partition coefficient (Wildman–Crippen LogP) is 5.14. The molecule has 0 bridgehead atoms. The van der Waals surface area contributed by atoms with Gasteiger partial charge in [0.2, 0.25) is 10.0 Å². The van der Waals surface area contributed by atoms with Gasteiger partial charge in [0.05, 0.1) is 11.5 Å². The molecule has 0 aliphatic carbocycles. The Bertz CT molecular complexity index is 1000. The van der Waals surface area contributed by atoms with Crippen molar-refractivity contribution in [3.8, 4) is 11.5 Å². The first-order chi connectivity index (χ1) is 16.1. The lowest BCUT2D eigenvalue weighted by atomic mass is 10.1. The SMILES string of the molecule is CCCCOc1ccc(S(=O)(=O)N(CCC)CCCc2ccc(OC(C)(C)C(=O)O)cc2)cc1. The molecule has 0 saturated heterocycles. The van der Waals surface area contributed by atoms with Gasteiger partial charge in [-0.15, -0.1) is 0 Å². The van der Waals surface area contributed by atoms with Gasteiger partial charge in [-0.05, 0) is 81.5 Å². The molecular weight excluding hydrogens is 454 g/mol. The van der Waals surface area contributed by atoms with E-state index in [2.05, 4.69) is 6.92 Å². The highest BCUT2D eigenvalue weighted by molar-refractivity contribution is 7.89. The molecule has 0 aliphatic rings. The second-order valence-electron chi connectivity index (χ2n) is 8.74. The highest BCUT2D eigenvalue weighted by Crippen LogP contribution is 2.22. The monoisotopic (exact) mass is 491 g/mol. The summed E-state index contributed by atoms with van der Waals surface area (Å²) >= 11 is 0. The van der Waals surface area contributed by atoms with Crippen molar-refractivity contribution in [2.45, 2.75) is 70.3 Å². The number of unbranched alkanes of at least 4 members (excludes halogenated alkanes) is 1. The number of carbonyl (C=O) groups is 1. The van der Waals surface area contributed by atoms with Gasteiger partial charge in [-0.3, -0.25) is 0 Å². The first-order valence-corrected chi connectivity index (χ1v) is 13.3. The lowest BCUT2D eigenvalue weighted by Gasteiger charge is -2.22. The van der Waals surface area contributed by atoms with Crippen LogP contribution in [0, 0.1) is 0 Å². The van der Waals surface area contributed by atoms with Gasteiger partial charge in [-0.25, -0.2) is 13.2 Å². The van der Waals surface area contributed by atoms with Gasteiger partial charge >= 0.3 is 5.97 Å². The molecule has 2 aromatic rings. The van der Waals surface area contributed by atoms with Crippen LogP contribution in [-0.2, 0) is 21.2 Å². The molecule has 2 rings (SSSR count). The number of ether oxygens (including phenoxy) is 2. The predicted molar refractivity (Wildman–Crippen MR) is 133 cm³/mol. The number of aliphatic carboxylic acids is 1. The molecule has 0 radical (unpaired) electrons. The Labute approximate surface area is 203 Å². The quantitative estimate of drug-likeness (QED) is 0.347. The van der Waals surface area contributed by atoms with E-state index in [0.717, 1.165) is 24.8 Å². The van der Waals surface area contributed by atoms with Crippen LogP contribution in [0.4, 0.5) is 0 Å². The Morgan fingerprint density at radius 3 is 2.09 bits per heavy atom. The average Bonchev–Trinajstić information content (AvgIpc) is 2.80. The van der Waals surface area contributed by atoms with Crippen LogP contribution in [0.1, 0.15) is 58.9 Å². The maximum atomic E-state index is 13.2. The van der Waals surface area contributed by atoms with Crippen LogP contribution >= 0.6 is 0 Å². The van der Waals surface area contributed by atoms with E-state index in [4.69, 9.17) is 9.47 Å². The second kappa shape index (κ2) is 12.8. The lowest BCUT2D eigenvalue weighted by molar-refractivity contribution is -0.152. The minimum Gasteiger partial charge on any atom is -0.494 e. The number of rotatable bonds is 15. The minimum absolute atomic E-state index is 0.270. The molecule has 188 valence electrons. The van der Waals surface area contributed by atoms with Gasteiger partial charge in [0.1, 0.15) is 11.5 Å². The van der Waals surface area contributed by atoms with Crippen LogP contribution in [-0.4, -0.2) is 49.1 Å². The van der Waals surface area contributed by atoms with Crippen molar-refractivity contribution in [1.29, 1.82) is 0 Å². The molecular formula is C26H37NO6S. The molecule has 8 heteroatoms. The van der Waals surface area contributed by atoms with Gasteiger partial charge in [0.15, 0.2) is 5.60 Å². The summed E-state index contributed by atoms with van der Waals surface area (Å²) in [5.74, 6) is 0.120. The third-order valence-corrected chi connectivity index (χ3v) is 7.30. The Kier molecular flexibility index (Phi) is 10.4. The molecule has 0 aliphatic heterocycles. The fourth-order valence-corrected chi connectivity index (χ4v) is 4.89. The normalized spacial score (nSPS) is 12.0. The van der Waals surface area contributed by atoms with Gasteiger partial charge < -0.3 is 14.6 Å². The lowest BCUT2D eigenvalue weighted by Crippen LogP contribution is -2.37. The Morgan fingerprint density at radius 2 is 1.53 bits per heavy atom. The first kappa shape index (κ1) is 27.7. The number of nitrogens with zero attached hydrogens (tertiary/aromatic N) is 1. The van der Waals surface area contributed by atoms with Crippen LogP contribution in [0.2, 0.25) is 0 Å². The maximum Gasteiger partial charge on any atom is 0.347 e. The molecule has 0 amide bonds. The number of sulfonamides is 1. The number of aryl methyl sites for hydroxylation is 1. The Balaban J connectivity index is 1.97. The number of carboxylic acids is 1. The third kappa shape index (κ3) is 8.02. The minimum atomic E-state index is -3.59. The van der Waals surface area contributed by atoms with Crippen molar-refractivity contribution >= 4 is 16.0 Å². The second-order valence-corrected chi connectivity index (χ2v) is 10.7. The van der Waals surface area contributed by atoms with E-state index in [-0.39, 0.29) is 4.90 Å². The molecule has 0 fully saturated rings. The summed E-state index contributed by atoms with van der Waals surface area (Å²) in [6.45, 7) is 8.54. The number of carboxylic acid groups (broad SMARTS) is 1. The van der Waals surface area contributed by atoms with Gasteiger partial charge in [0.25, 0.3) is 0 Å². The van der Waals surface area contributed by atoms with Crippen molar-refractivity contribution in [3.63, 3.8) is 0 Å². The van der Waals surface area contributed by atoms with Crippen molar-refractivity contribution in [3.05, 3.63) is 54.1 Å². The fourth-order valence-electron chi connectivity index (χ4n) is 3.31. The van der Waals surface area contributed by atoms with Crippen LogP contribution in [0.15, 0.2) is 53.4 Å². The van der Waals surface area contributed by atoms with E-state index in [1.165, 1.54) is 18.2 Å². The van der Waals surface area contributed by atoms with E-state index in [1.807, 2.05) is 19.1 Å². The fraction of sp³-hybridized carbons (Fsp3) is 0.500.